The average Bonchev–Trinajstić information content (AvgIpc) is 3.07. The number of rotatable bonds is 7. The fourth-order valence-corrected chi connectivity index (χ4v) is 4.24. The van der Waals surface area contributed by atoms with Crippen LogP contribution in [0.2, 0.25) is 0 Å². The van der Waals surface area contributed by atoms with Gasteiger partial charge < -0.3 is 15.0 Å². The van der Waals surface area contributed by atoms with Crippen molar-refractivity contribution in [1.29, 1.82) is 0 Å². The third-order valence-corrected chi connectivity index (χ3v) is 5.38. The lowest BCUT2D eigenvalue weighted by atomic mass is 10.2. The minimum absolute atomic E-state index is 0.0329. The highest BCUT2D eigenvalue weighted by atomic mass is 32.2. The molecule has 0 aromatic carbocycles. The number of hydrogen-bond donors (Lipinski definition) is 1. The number of thioether (sulfide) groups is 1. The quantitative estimate of drug-likeness (QED) is 0.776. The Hall–Kier alpha value is -1.05. The van der Waals surface area contributed by atoms with Crippen molar-refractivity contribution in [1.82, 2.24) is 10.2 Å². The van der Waals surface area contributed by atoms with Crippen molar-refractivity contribution in [2.75, 3.05) is 26.8 Å². The van der Waals surface area contributed by atoms with E-state index in [0.717, 1.165) is 5.56 Å². The number of carbonyl (C=O) groups excluding carboxylic acids is 2. The molecule has 2 atom stereocenters. The van der Waals surface area contributed by atoms with Crippen LogP contribution in [-0.4, -0.2) is 48.8 Å². The highest BCUT2D eigenvalue weighted by molar-refractivity contribution is 8.01. The summed E-state index contributed by atoms with van der Waals surface area (Å²) in [6.45, 7) is 3.38. The van der Waals surface area contributed by atoms with Crippen molar-refractivity contribution in [2.45, 2.75) is 24.0 Å². The van der Waals surface area contributed by atoms with Gasteiger partial charge in [0, 0.05) is 26.6 Å². The van der Waals surface area contributed by atoms with Crippen LogP contribution in [0.1, 0.15) is 24.3 Å². The van der Waals surface area contributed by atoms with Crippen molar-refractivity contribution >= 4 is 34.9 Å². The maximum absolute atomic E-state index is 12.2. The number of nitrogens with one attached hydrogen (secondary N) is 1. The first kappa shape index (κ1) is 16.3. The zero-order chi connectivity index (χ0) is 15.2. The van der Waals surface area contributed by atoms with Gasteiger partial charge >= 0.3 is 0 Å². The molecular weight excluding hydrogens is 308 g/mol. The first-order valence-corrected chi connectivity index (χ1v) is 8.75. The molecule has 1 saturated heterocycles. The van der Waals surface area contributed by atoms with E-state index in [1.165, 1.54) is 0 Å². The van der Waals surface area contributed by atoms with Crippen molar-refractivity contribution in [3.8, 4) is 0 Å². The first-order valence-electron chi connectivity index (χ1n) is 6.87. The summed E-state index contributed by atoms with van der Waals surface area (Å²) in [6.07, 6.45) is 0.323. The standard InChI is InChI=1S/C14H20N2O3S2/c1-10-13(18)16(6-3-12(17)15-5-7-19-2)14(21-10)11-4-8-20-9-11/h4,8-10,14H,3,5-7H2,1-2H3,(H,15,17)/t10-,14-/m1/s1. The van der Waals surface area contributed by atoms with Crippen molar-refractivity contribution in [3.63, 3.8) is 0 Å². The largest absolute Gasteiger partial charge is 0.383 e. The topological polar surface area (TPSA) is 58.6 Å². The van der Waals surface area contributed by atoms with Crippen LogP contribution in [0.4, 0.5) is 0 Å². The molecule has 116 valence electrons. The summed E-state index contributed by atoms with van der Waals surface area (Å²) < 4.78 is 4.89. The average molecular weight is 328 g/mol. The number of thiophene rings is 1. The smallest absolute Gasteiger partial charge is 0.236 e. The summed E-state index contributed by atoms with van der Waals surface area (Å²) in [4.78, 5) is 25.8. The van der Waals surface area contributed by atoms with Crippen LogP contribution in [0.15, 0.2) is 16.8 Å². The lowest BCUT2D eigenvalue weighted by molar-refractivity contribution is -0.130. The number of ether oxygens (including phenoxy) is 1. The Morgan fingerprint density at radius 2 is 2.33 bits per heavy atom. The van der Waals surface area contributed by atoms with Gasteiger partial charge in [0.1, 0.15) is 5.37 Å². The van der Waals surface area contributed by atoms with E-state index < -0.39 is 0 Å². The van der Waals surface area contributed by atoms with Gasteiger partial charge in [0.25, 0.3) is 0 Å². The molecule has 0 spiro atoms. The van der Waals surface area contributed by atoms with E-state index in [0.29, 0.717) is 26.1 Å². The Kier molecular flexibility index (Phi) is 6.08. The summed E-state index contributed by atoms with van der Waals surface area (Å²) in [5.74, 6) is 0.0642. The lowest BCUT2D eigenvalue weighted by Gasteiger charge is -2.23. The van der Waals surface area contributed by atoms with Crippen LogP contribution in [-0.2, 0) is 14.3 Å². The normalized spacial score (nSPS) is 21.8. The molecule has 0 aliphatic carbocycles. The molecule has 1 aromatic heterocycles. The van der Waals surface area contributed by atoms with Crippen LogP contribution >= 0.6 is 23.1 Å². The minimum Gasteiger partial charge on any atom is -0.383 e. The first-order chi connectivity index (χ1) is 10.1. The Balaban J connectivity index is 1.90. The second kappa shape index (κ2) is 7.82. The van der Waals surface area contributed by atoms with Gasteiger partial charge in [0.2, 0.25) is 11.8 Å². The second-order valence-electron chi connectivity index (χ2n) is 4.81. The third kappa shape index (κ3) is 4.21. The van der Waals surface area contributed by atoms with Gasteiger partial charge in [-0.3, -0.25) is 9.59 Å². The van der Waals surface area contributed by atoms with Crippen LogP contribution < -0.4 is 5.32 Å². The van der Waals surface area contributed by atoms with E-state index in [9.17, 15) is 9.59 Å². The van der Waals surface area contributed by atoms with E-state index in [2.05, 4.69) is 10.7 Å². The minimum atomic E-state index is -0.0496. The Bertz CT molecular complexity index is 479. The second-order valence-corrected chi connectivity index (χ2v) is 7.02. The molecule has 5 nitrogen and oxygen atoms in total. The molecule has 7 heteroatoms. The summed E-state index contributed by atoms with van der Waals surface area (Å²) in [5.41, 5.74) is 1.14. The molecule has 1 fully saturated rings. The molecular formula is C14H20N2O3S2. The summed E-state index contributed by atoms with van der Waals surface area (Å²) >= 11 is 3.27. The zero-order valence-corrected chi connectivity index (χ0v) is 13.8. The van der Waals surface area contributed by atoms with E-state index in [4.69, 9.17) is 4.74 Å². The molecule has 0 saturated carbocycles. The molecule has 2 amide bonds. The monoisotopic (exact) mass is 328 g/mol. The molecule has 2 rings (SSSR count). The fraction of sp³-hybridized carbons (Fsp3) is 0.571. The highest BCUT2D eigenvalue weighted by Crippen LogP contribution is 2.43. The molecule has 1 N–H and O–H groups in total. The van der Waals surface area contributed by atoms with Gasteiger partial charge in [-0.15, -0.1) is 11.8 Å². The molecule has 2 heterocycles. The number of hydrogen-bond acceptors (Lipinski definition) is 5. The van der Waals surface area contributed by atoms with Crippen molar-refractivity contribution < 1.29 is 14.3 Å². The Morgan fingerprint density at radius 1 is 1.52 bits per heavy atom. The molecule has 1 aromatic rings. The van der Waals surface area contributed by atoms with Gasteiger partial charge in [-0.2, -0.15) is 11.3 Å². The van der Waals surface area contributed by atoms with E-state index in [1.54, 1.807) is 30.2 Å². The summed E-state index contributed by atoms with van der Waals surface area (Å²) in [5, 5.41) is 6.84. The van der Waals surface area contributed by atoms with Crippen LogP contribution in [0.5, 0.6) is 0 Å². The van der Waals surface area contributed by atoms with E-state index >= 15 is 0 Å². The van der Waals surface area contributed by atoms with Crippen LogP contribution in [0, 0.1) is 0 Å². The van der Waals surface area contributed by atoms with Crippen molar-refractivity contribution in [2.24, 2.45) is 0 Å². The van der Waals surface area contributed by atoms with E-state index in [-0.39, 0.29) is 22.4 Å². The summed E-state index contributed by atoms with van der Waals surface area (Å²) in [6, 6.07) is 2.04. The van der Waals surface area contributed by atoms with E-state index in [1.807, 2.05) is 23.3 Å². The SMILES string of the molecule is COCCNC(=O)CCN1C(=O)[C@@H](C)S[C@@H]1c1ccsc1. The van der Waals surface area contributed by atoms with Gasteiger partial charge in [-0.25, -0.2) is 0 Å². The maximum atomic E-state index is 12.2. The van der Waals surface area contributed by atoms with Gasteiger partial charge in [-0.1, -0.05) is 0 Å². The predicted octanol–water partition coefficient (Wildman–Crippen LogP) is 1.86. The van der Waals surface area contributed by atoms with Gasteiger partial charge in [0.05, 0.1) is 11.9 Å². The molecule has 0 bridgehead atoms. The Morgan fingerprint density at radius 3 is 3.00 bits per heavy atom. The lowest BCUT2D eigenvalue weighted by Crippen LogP contribution is -2.35. The Labute approximate surface area is 133 Å². The van der Waals surface area contributed by atoms with Gasteiger partial charge in [-0.05, 0) is 29.3 Å². The predicted molar refractivity (Wildman–Crippen MR) is 85.3 cm³/mol. The molecule has 1 aliphatic rings. The van der Waals surface area contributed by atoms with Gasteiger partial charge in [0.15, 0.2) is 0 Å². The van der Waals surface area contributed by atoms with Crippen LogP contribution in [0.25, 0.3) is 0 Å². The fourth-order valence-electron chi connectivity index (χ4n) is 2.18. The molecule has 0 radical (unpaired) electrons. The number of amides is 2. The maximum Gasteiger partial charge on any atom is 0.236 e. The zero-order valence-electron chi connectivity index (χ0n) is 12.2. The number of methoxy groups -OCH3 is 1. The molecule has 21 heavy (non-hydrogen) atoms. The number of nitrogens with zero attached hydrogens (tertiary/aromatic N) is 1. The van der Waals surface area contributed by atoms with Crippen LogP contribution in [0.3, 0.4) is 0 Å². The van der Waals surface area contributed by atoms with Crippen molar-refractivity contribution in [3.05, 3.63) is 22.4 Å². The molecule has 1 aliphatic heterocycles. The third-order valence-electron chi connectivity index (χ3n) is 3.28. The highest BCUT2D eigenvalue weighted by Gasteiger charge is 2.38. The number of carbonyl (C=O) groups is 2. The summed E-state index contributed by atoms with van der Waals surface area (Å²) in [7, 11) is 1.60. The molecule has 0 unspecified atom stereocenters.